The van der Waals surface area contributed by atoms with Crippen LogP contribution in [0.2, 0.25) is 0 Å². The lowest BCUT2D eigenvalue weighted by Gasteiger charge is -2.14. The molecule has 3 aromatic rings. The van der Waals surface area contributed by atoms with Crippen molar-refractivity contribution >= 4 is 28.8 Å². The molecule has 1 aromatic carbocycles. The van der Waals surface area contributed by atoms with Gasteiger partial charge in [-0.25, -0.2) is 19.0 Å². The number of nitrogens with zero attached hydrogens (tertiary/aromatic N) is 2. The van der Waals surface area contributed by atoms with Gasteiger partial charge in [-0.2, -0.15) is 0 Å². The summed E-state index contributed by atoms with van der Waals surface area (Å²) in [7, 11) is 1.15. The van der Waals surface area contributed by atoms with Crippen LogP contribution in [0.15, 0.2) is 36.5 Å². The van der Waals surface area contributed by atoms with E-state index in [1.807, 2.05) is 0 Å². The maximum atomic E-state index is 13.1. The molecule has 0 saturated carbocycles. The van der Waals surface area contributed by atoms with Gasteiger partial charge < -0.3 is 14.6 Å². The van der Waals surface area contributed by atoms with Gasteiger partial charge in [0.2, 0.25) is 0 Å². The summed E-state index contributed by atoms with van der Waals surface area (Å²) in [6.45, 7) is 3.37. The minimum absolute atomic E-state index is 0.0118. The second-order valence-corrected chi connectivity index (χ2v) is 6.77. The lowest BCUT2D eigenvalue weighted by atomic mass is 10.0. The number of fused-ring (bicyclic) bond motifs is 1. The van der Waals surface area contributed by atoms with Crippen molar-refractivity contribution in [1.82, 2.24) is 9.97 Å². The number of anilines is 1. The van der Waals surface area contributed by atoms with Gasteiger partial charge in [-0.15, -0.1) is 0 Å². The topological polar surface area (TPSA) is 111 Å². The molecule has 2 N–H and O–H groups in total. The van der Waals surface area contributed by atoms with Crippen LogP contribution >= 0.6 is 0 Å². The van der Waals surface area contributed by atoms with E-state index in [9.17, 15) is 19.1 Å². The average Bonchev–Trinajstić information content (AvgIpc) is 2.70. The number of amides is 1. The van der Waals surface area contributed by atoms with Gasteiger partial charge in [0.15, 0.2) is 11.4 Å². The van der Waals surface area contributed by atoms with E-state index >= 15 is 0 Å². The van der Waals surface area contributed by atoms with Gasteiger partial charge in [0.1, 0.15) is 17.2 Å². The molecule has 0 radical (unpaired) electrons. The number of methoxy groups -OCH3 is 1. The van der Waals surface area contributed by atoms with Crippen LogP contribution in [0.25, 0.3) is 10.9 Å². The summed E-state index contributed by atoms with van der Waals surface area (Å²) in [6.07, 6.45) is 0.797. The van der Waals surface area contributed by atoms with Crippen molar-refractivity contribution in [2.75, 3.05) is 12.4 Å². The zero-order valence-electron chi connectivity index (χ0n) is 16.6. The molecule has 0 bridgehead atoms. The number of hydrogen-bond donors (Lipinski definition) is 2. The molecule has 0 aliphatic rings. The van der Waals surface area contributed by atoms with Gasteiger partial charge in [-0.3, -0.25) is 10.3 Å². The number of rotatable bonds is 5. The van der Waals surface area contributed by atoms with Crippen LogP contribution in [0.5, 0.6) is 5.75 Å². The zero-order chi connectivity index (χ0) is 21.8. The quantitative estimate of drug-likeness (QED) is 0.612. The molecule has 9 heteroatoms. The summed E-state index contributed by atoms with van der Waals surface area (Å²) >= 11 is 0. The standard InChI is InChI=1S/C21H20FN3O5/c1-11(2)30-21(28)25-19-15-9-13(8-12-4-6-14(22)7-5-12)10-23-16(15)18(26)17(24-19)20(27)29-3/h4-7,9-11,26H,8H2,1-3H3,(H,24,25,28). The Morgan fingerprint density at radius 3 is 2.53 bits per heavy atom. The first-order valence-electron chi connectivity index (χ1n) is 9.10. The first kappa shape index (κ1) is 21.0. The van der Waals surface area contributed by atoms with Crippen LogP contribution in [-0.2, 0) is 15.9 Å². The number of esters is 1. The average molecular weight is 413 g/mol. The first-order chi connectivity index (χ1) is 14.3. The molecule has 30 heavy (non-hydrogen) atoms. The van der Waals surface area contributed by atoms with Crippen molar-refractivity contribution in [3.8, 4) is 5.75 Å². The van der Waals surface area contributed by atoms with Gasteiger partial charge in [0.05, 0.1) is 13.2 Å². The molecule has 0 saturated heterocycles. The van der Waals surface area contributed by atoms with E-state index in [4.69, 9.17) is 4.74 Å². The van der Waals surface area contributed by atoms with E-state index in [-0.39, 0.29) is 28.9 Å². The summed E-state index contributed by atoms with van der Waals surface area (Å²) < 4.78 is 22.8. The summed E-state index contributed by atoms with van der Waals surface area (Å²) in [5, 5.41) is 13.2. The number of carbonyl (C=O) groups excluding carboxylic acids is 2. The lowest BCUT2D eigenvalue weighted by Crippen LogP contribution is -2.20. The molecule has 2 heterocycles. The number of aromatic nitrogens is 2. The van der Waals surface area contributed by atoms with Crippen molar-refractivity contribution in [3.63, 3.8) is 0 Å². The number of ether oxygens (including phenoxy) is 2. The van der Waals surface area contributed by atoms with Crippen LogP contribution in [0, 0.1) is 5.82 Å². The SMILES string of the molecule is COC(=O)c1nc(NC(=O)OC(C)C)c2cc(Cc3ccc(F)cc3)cnc2c1O. The highest BCUT2D eigenvalue weighted by Gasteiger charge is 2.22. The van der Waals surface area contributed by atoms with Crippen molar-refractivity contribution < 1.29 is 28.6 Å². The van der Waals surface area contributed by atoms with Crippen molar-refractivity contribution in [1.29, 1.82) is 0 Å². The normalized spacial score (nSPS) is 10.8. The predicted molar refractivity (Wildman–Crippen MR) is 107 cm³/mol. The van der Waals surface area contributed by atoms with Gasteiger partial charge in [0, 0.05) is 11.6 Å². The molecule has 0 atom stereocenters. The van der Waals surface area contributed by atoms with Crippen LogP contribution in [0.1, 0.15) is 35.5 Å². The molecular formula is C21H20FN3O5. The largest absolute Gasteiger partial charge is 0.504 e. The molecule has 3 rings (SSSR count). The maximum Gasteiger partial charge on any atom is 0.413 e. The Balaban J connectivity index is 2.08. The minimum atomic E-state index is -0.883. The summed E-state index contributed by atoms with van der Waals surface area (Å²) in [5.74, 6) is -1.70. The molecule has 1 amide bonds. The smallest absolute Gasteiger partial charge is 0.413 e. The second-order valence-electron chi connectivity index (χ2n) is 6.77. The van der Waals surface area contributed by atoms with Crippen molar-refractivity contribution in [3.05, 3.63) is 59.2 Å². The molecule has 0 aliphatic heterocycles. The molecular weight excluding hydrogens is 393 g/mol. The summed E-state index contributed by atoms with van der Waals surface area (Å²) in [6, 6.07) is 7.68. The van der Waals surface area contributed by atoms with Crippen molar-refractivity contribution in [2.24, 2.45) is 0 Å². The molecule has 8 nitrogen and oxygen atoms in total. The van der Waals surface area contributed by atoms with E-state index in [0.29, 0.717) is 11.8 Å². The second kappa shape index (κ2) is 8.73. The van der Waals surface area contributed by atoms with Crippen LogP contribution in [0.3, 0.4) is 0 Å². The van der Waals surface area contributed by atoms with Crippen molar-refractivity contribution in [2.45, 2.75) is 26.4 Å². The Labute approximate surface area is 171 Å². The highest BCUT2D eigenvalue weighted by Crippen LogP contribution is 2.32. The first-order valence-corrected chi connectivity index (χ1v) is 9.10. The third kappa shape index (κ3) is 4.62. The van der Waals surface area contributed by atoms with Gasteiger partial charge >= 0.3 is 12.1 Å². The van der Waals surface area contributed by atoms with E-state index < -0.39 is 17.8 Å². The van der Waals surface area contributed by atoms with Gasteiger partial charge in [-0.05, 0) is 49.6 Å². The third-order valence-corrected chi connectivity index (χ3v) is 4.14. The van der Waals surface area contributed by atoms with Crippen LogP contribution in [-0.4, -0.2) is 40.4 Å². The van der Waals surface area contributed by atoms with E-state index in [2.05, 4.69) is 20.0 Å². The van der Waals surface area contributed by atoms with E-state index in [1.54, 1.807) is 32.0 Å². The monoisotopic (exact) mass is 413 g/mol. The lowest BCUT2D eigenvalue weighted by molar-refractivity contribution is 0.0590. The molecule has 0 fully saturated rings. The Morgan fingerprint density at radius 2 is 1.90 bits per heavy atom. The highest BCUT2D eigenvalue weighted by atomic mass is 19.1. The molecule has 156 valence electrons. The van der Waals surface area contributed by atoms with E-state index in [0.717, 1.165) is 18.2 Å². The number of aromatic hydroxyl groups is 1. The number of carbonyl (C=O) groups is 2. The Hall–Kier alpha value is -3.75. The Bertz CT molecular complexity index is 1100. The van der Waals surface area contributed by atoms with Crippen LogP contribution in [0.4, 0.5) is 15.0 Å². The fourth-order valence-electron chi connectivity index (χ4n) is 2.82. The Kier molecular flexibility index (Phi) is 6.10. The number of benzene rings is 1. The third-order valence-electron chi connectivity index (χ3n) is 4.14. The van der Waals surface area contributed by atoms with Gasteiger partial charge in [-0.1, -0.05) is 12.1 Å². The molecule has 0 spiro atoms. The van der Waals surface area contributed by atoms with E-state index in [1.165, 1.54) is 18.3 Å². The number of hydrogen-bond acceptors (Lipinski definition) is 7. The zero-order valence-corrected chi connectivity index (χ0v) is 16.6. The number of pyridine rings is 2. The van der Waals surface area contributed by atoms with Gasteiger partial charge in [0.25, 0.3) is 0 Å². The molecule has 0 unspecified atom stereocenters. The maximum absolute atomic E-state index is 13.1. The minimum Gasteiger partial charge on any atom is -0.504 e. The predicted octanol–water partition coefficient (Wildman–Crippen LogP) is 3.81. The highest BCUT2D eigenvalue weighted by molar-refractivity contribution is 6.04. The molecule has 0 aliphatic carbocycles. The summed E-state index contributed by atoms with van der Waals surface area (Å²) in [4.78, 5) is 32.4. The fourth-order valence-corrected chi connectivity index (χ4v) is 2.82. The summed E-state index contributed by atoms with van der Waals surface area (Å²) in [5.41, 5.74) is 1.24. The fraction of sp³-hybridized carbons (Fsp3) is 0.238. The number of nitrogens with one attached hydrogen (secondary N) is 1. The molecule has 2 aromatic heterocycles. The Morgan fingerprint density at radius 1 is 1.20 bits per heavy atom. The van der Waals surface area contributed by atoms with Crippen LogP contribution < -0.4 is 5.32 Å². The number of halogens is 1.